The topological polar surface area (TPSA) is 23.8 Å². The number of nitriles is 1. The van der Waals surface area contributed by atoms with Crippen molar-refractivity contribution >= 4 is 11.6 Å². The Morgan fingerprint density at radius 2 is 1.75 bits per heavy atom. The van der Waals surface area contributed by atoms with E-state index in [2.05, 4.69) is 6.07 Å². The number of benzene rings is 1. The maximum Gasteiger partial charge on any atom is 0.0833 e. The number of nitrogens with zero attached hydrogens (tertiary/aromatic N) is 1. The summed E-state index contributed by atoms with van der Waals surface area (Å²) >= 11 is 5.88. The smallest absolute Gasteiger partial charge is 0.0833 e. The Labute approximate surface area is 101 Å². The summed E-state index contributed by atoms with van der Waals surface area (Å²) in [6, 6.07) is 10.3. The molecule has 1 spiro atoms. The maximum atomic E-state index is 9.43. The predicted molar refractivity (Wildman–Crippen MR) is 64.3 cm³/mol. The molecule has 82 valence electrons. The van der Waals surface area contributed by atoms with Crippen LogP contribution in [0.2, 0.25) is 5.02 Å². The summed E-state index contributed by atoms with van der Waals surface area (Å²) in [7, 11) is 0. The molecular formula is C14H14ClN. The Hall–Kier alpha value is -1.00. The van der Waals surface area contributed by atoms with Crippen molar-refractivity contribution in [3.8, 4) is 6.07 Å². The molecule has 0 saturated heterocycles. The van der Waals surface area contributed by atoms with Gasteiger partial charge in [-0.15, -0.1) is 0 Å². The van der Waals surface area contributed by atoms with E-state index in [0.717, 1.165) is 23.4 Å². The second kappa shape index (κ2) is 3.25. The Bertz CT molecular complexity index is 443. The number of hydrogen-bond donors (Lipinski definition) is 0. The van der Waals surface area contributed by atoms with Gasteiger partial charge in [-0.3, -0.25) is 0 Å². The van der Waals surface area contributed by atoms with Gasteiger partial charge in [0.05, 0.1) is 11.5 Å². The molecule has 2 fully saturated rings. The molecule has 0 aromatic heterocycles. The van der Waals surface area contributed by atoms with Gasteiger partial charge in [-0.1, -0.05) is 30.2 Å². The van der Waals surface area contributed by atoms with Crippen molar-refractivity contribution in [2.45, 2.75) is 37.5 Å². The van der Waals surface area contributed by atoms with Crippen LogP contribution in [0.25, 0.3) is 0 Å². The van der Waals surface area contributed by atoms with Crippen molar-refractivity contribution in [2.75, 3.05) is 0 Å². The van der Waals surface area contributed by atoms with Crippen LogP contribution in [0.3, 0.4) is 0 Å². The summed E-state index contributed by atoms with van der Waals surface area (Å²) in [5, 5.41) is 10.2. The second-order valence-electron chi connectivity index (χ2n) is 5.41. The Morgan fingerprint density at radius 3 is 2.19 bits per heavy atom. The lowest BCUT2D eigenvalue weighted by atomic mass is 9.44. The van der Waals surface area contributed by atoms with Crippen LogP contribution in [-0.4, -0.2) is 0 Å². The van der Waals surface area contributed by atoms with Gasteiger partial charge >= 0.3 is 0 Å². The lowest BCUT2D eigenvalue weighted by Crippen LogP contribution is -2.52. The normalized spacial score (nSPS) is 24.2. The zero-order chi connectivity index (χ0) is 11.2. The number of halogens is 1. The first-order chi connectivity index (χ1) is 7.68. The highest BCUT2D eigenvalue weighted by molar-refractivity contribution is 6.30. The van der Waals surface area contributed by atoms with Gasteiger partial charge in [0.2, 0.25) is 0 Å². The zero-order valence-corrected chi connectivity index (χ0v) is 9.93. The molecule has 2 aliphatic rings. The molecule has 0 radical (unpaired) electrons. The minimum atomic E-state index is -0.217. The molecule has 0 heterocycles. The van der Waals surface area contributed by atoms with Crippen molar-refractivity contribution in [3.63, 3.8) is 0 Å². The molecule has 0 bridgehead atoms. The Morgan fingerprint density at radius 1 is 1.12 bits per heavy atom. The molecule has 0 amide bonds. The fraction of sp³-hybridized carbons (Fsp3) is 0.500. The molecule has 1 nitrogen and oxygen atoms in total. The zero-order valence-electron chi connectivity index (χ0n) is 9.17. The minimum Gasteiger partial charge on any atom is -0.197 e. The van der Waals surface area contributed by atoms with E-state index >= 15 is 0 Å². The fourth-order valence-corrected chi connectivity index (χ4v) is 3.50. The summed E-state index contributed by atoms with van der Waals surface area (Å²) in [6.45, 7) is 0. The van der Waals surface area contributed by atoms with Crippen molar-refractivity contribution in [1.82, 2.24) is 0 Å². The van der Waals surface area contributed by atoms with Crippen LogP contribution in [0, 0.1) is 16.7 Å². The van der Waals surface area contributed by atoms with Crippen LogP contribution in [0.4, 0.5) is 0 Å². The van der Waals surface area contributed by atoms with E-state index in [-0.39, 0.29) is 5.41 Å². The van der Waals surface area contributed by atoms with Gasteiger partial charge in [-0.25, -0.2) is 0 Å². The quantitative estimate of drug-likeness (QED) is 0.715. The molecule has 2 heteroatoms. The van der Waals surface area contributed by atoms with Crippen LogP contribution < -0.4 is 0 Å². The lowest BCUT2D eigenvalue weighted by Gasteiger charge is -2.58. The van der Waals surface area contributed by atoms with E-state index in [9.17, 15) is 5.26 Å². The monoisotopic (exact) mass is 231 g/mol. The molecule has 0 aliphatic heterocycles. The van der Waals surface area contributed by atoms with Gasteiger partial charge in [-0.05, 0) is 48.8 Å². The standard InChI is InChI=1S/C14H14ClN/c15-12-4-2-11(3-5-12)14(10-16)8-13(9-14)6-1-7-13/h2-5H,1,6-9H2. The van der Waals surface area contributed by atoms with Crippen LogP contribution in [0.15, 0.2) is 24.3 Å². The Balaban J connectivity index is 1.87. The molecule has 0 atom stereocenters. The van der Waals surface area contributed by atoms with Crippen molar-refractivity contribution in [1.29, 1.82) is 5.26 Å². The fourth-order valence-electron chi connectivity index (χ4n) is 3.38. The molecule has 1 aromatic rings. The first-order valence-corrected chi connectivity index (χ1v) is 6.23. The van der Waals surface area contributed by atoms with Gasteiger partial charge in [0.1, 0.15) is 0 Å². The summed E-state index contributed by atoms with van der Waals surface area (Å²) in [5.74, 6) is 0. The molecule has 2 aliphatic carbocycles. The summed E-state index contributed by atoms with van der Waals surface area (Å²) in [5.41, 5.74) is 1.46. The minimum absolute atomic E-state index is 0.217. The van der Waals surface area contributed by atoms with E-state index < -0.39 is 0 Å². The van der Waals surface area contributed by atoms with Crippen molar-refractivity contribution in [3.05, 3.63) is 34.9 Å². The molecule has 0 N–H and O–H groups in total. The average Bonchev–Trinajstić information content (AvgIpc) is 2.17. The van der Waals surface area contributed by atoms with Crippen LogP contribution in [0.5, 0.6) is 0 Å². The lowest BCUT2D eigenvalue weighted by molar-refractivity contribution is -0.0227. The Kier molecular flexibility index (Phi) is 2.06. The summed E-state index contributed by atoms with van der Waals surface area (Å²) in [6.07, 6.45) is 6.10. The van der Waals surface area contributed by atoms with Crippen LogP contribution >= 0.6 is 11.6 Å². The number of rotatable bonds is 1. The third kappa shape index (κ3) is 1.30. The highest BCUT2D eigenvalue weighted by Crippen LogP contribution is 2.64. The van der Waals surface area contributed by atoms with Gasteiger partial charge in [-0.2, -0.15) is 5.26 Å². The molecule has 3 rings (SSSR count). The summed E-state index contributed by atoms with van der Waals surface area (Å²) < 4.78 is 0. The molecule has 0 unspecified atom stereocenters. The molecule has 1 aromatic carbocycles. The van der Waals surface area contributed by atoms with Crippen molar-refractivity contribution < 1.29 is 0 Å². The first kappa shape index (κ1) is 10.2. The first-order valence-electron chi connectivity index (χ1n) is 5.86. The second-order valence-corrected chi connectivity index (χ2v) is 5.84. The summed E-state index contributed by atoms with van der Waals surface area (Å²) in [4.78, 5) is 0. The third-order valence-corrected chi connectivity index (χ3v) is 4.63. The predicted octanol–water partition coefficient (Wildman–Crippen LogP) is 4.07. The number of hydrogen-bond acceptors (Lipinski definition) is 1. The largest absolute Gasteiger partial charge is 0.197 e. The third-order valence-electron chi connectivity index (χ3n) is 4.38. The van der Waals surface area contributed by atoms with Gasteiger partial charge in [0.15, 0.2) is 0 Å². The van der Waals surface area contributed by atoms with E-state index in [1.165, 1.54) is 19.3 Å². The molecular weight excluding hydrogens is 218 g/mol. The average molecular weight is 232 g/mol. The van der Waals surface area contributed by atoms with Crippen LogP contribution in [0.1, 0.15) is 37.7 Å². The van der Waals surface area contributed by atoms with Gasteiger partial charge in [0.25, 0.3) is 0 Å². The molecule has 2 saturated carbocycles. The van der Waals surface area contributed by atoms with Gasteiger partial charge < -0.3 is 0 Å². The van der Waals surface area contributed by atoms with E-state index in [1.54, 1.807) is 0 Å². The highest BCUT2D eigenvalue weighted by Gasteiger charge is 2.58. The highest BCUT2D eigenvalue weighted by atomic mass is 35.5. The SMILES string of the molecule is N#CC1(c2ccc(Cl)cc2)CC2(CCC2)C1. The van der Waals surface area contributed by atoms with E-state index in [1.807, 2.05) is 24.3 Å². The van der Waals surface area contributed by atoms with Gasteiger partial charge in [0, 0.05) is 5.02 Å². The molecule has 16 heavy (non-hydrogen) atoms. The maximum absolute atomic E-state index is 9.43. The van der Waals surface area contributed by atoms with Crippen LogP contribution in [-0.2, 0) is 5.41 Å². The van der Waals surface area contributed by atoms with E-state index in [0.29, 0.717) is 5.41 Å². The van der Waals surface area contributed by atoms with Crippen molar-refractivity contribution in [2.24, 2.45) is 5.41 Å². The van der Waals surface area contributed by atoms with E-state index in [4.69, 9.17) is 11.6 Å².